The summed E-state index contributed by atoms with van der Waals surface area (Å²) in [6.07, 6.45) is 6.14. The molecule has 0 N–H and O–H groups in total. The van der Waals surface area contributed by atoms with Crippen molar-refractivity contribution in [1.29, 1.82) is 0 Å². The van der Waals surface area contributed by atoms with E-state index in [1.807, 2.05) is 0 Å². The summed E-state index contributed by atoms with van der Waals surface area (Å²) >= 11 is 0. The molecule has 1 aliphatic carbocycles. The summed E-state index contributed by atoms with van der Waals surface area (Å²) < 4.78 is 0. The zero-order valence-electron chi connectivity index (χ0n) is 15.8. The largest absolute Gasteiger partial charge is 0.0654 e. The van der Waals surface area contributed by atoms with Gasteiger partial charge in [-0.15, -0.1) is 0 Å². The van der Waals surface area contributed by atoms with Gasteiger partial charge in [0.15, 0.2) is 0 Å². The molecule has 0 heterocycles. The van der Waals surface area contributed by atoms with E-state index in [1.165, 1.54) is 40.7 Å². The molecule has 0 nitrogen and oxygen atoms in total. The third-order valence-corrected chi connectivity index (χ3v) is 5.34. The van der Waals surface area contributed by atoms with Crippen molar-refractivity contribution < 1.29 is 0 Å². The van der Waals surface area contributed by atoms with Crippen molar-refractivity contribution in [1.82, 2.24) is 0 Å². The first-order chi connectivity index (χ1) is 11.4. The molecule has 0 aliphatic heterocycles. The van der Waals surface area contributed by atoms with Crippen LogP contribution in [0.3, 0.4) is 0 Å². The van der Waals surface area contributed by atoms with Crippen molar-refractivity contribution in [2.45, 2.75) is 59.3 Å². The molecule has 0 radical (unpaired) electrons. The fourth-order valence-electron chi connectivity index (χ4n) is 3.73. The summed E-state index contributed by atoms with van der Waals surface area (Å²) in [6.45, 7) is 11.5. The summed E-state index contributed by atoms with van der Waals surface area (Å²) in [5.41, 5.74) is 8.86. The molecule has 0 fully saturated rings. The molecule has 0 aromatic heterocycles. The van der Waals surface area contributed by atoms with Crippen LogP contribution in [0.5, 0.6) is 0 Å². The average Bonchev–Trinajstić information content (AvgIpc) is 2.98. The zero-order valence-corrected chi connectivity index (χ0v) is 15.8. The van der Waals surface area contributed by atoms with Crippen LogP contribution >= 0.6 is 0 Å². The molecule has 1 aliphatic rings. The van der Waals surface area contributed by atoms with Gasteiger partial charge in [0.1, 0.15) is 0 Å². The van der Waals surface area contributed by atoms with E-state index in [-0.39, 0.29) is 5.41 Å². The summed E-state index contributed by atoms with van der Waals surface area (Å²) in [5, 5.41) is 0. The standard InChI is InChI=1S/C24H30/c1-6-8-17(2)20-15-19-9-7-10-22(23(19)16-20)18-11-13-21(14-12-18)24(3,4)5/h7,9-14,16-17H,6,8,15H2,1-5H3. The second-order valence-corrected chi connectivity index (χ2v) is 8.29. The quantitative estimate of drug-likeness (QED) is 0.568. The Bertz CT molecular complexity index is 739. The number of rotatable bonds is 4. The molecule has 0 amide bonds. The first kappa shape index (κ1) is 17.0. The molecule has 0 spiro atoms. The van der Waals surface area contributed by atoms with Gasteiger partial charge in [-0.05, 0) is 52.0 Å². The number of benzene rings is 2. The highest BCUT2D eigenvalue weighted by Gasteiger charge is 2.20. The van der Waals surface area contributed by atoms with Crippen LogP contribution in [0.15, 0.2) is 48.0 Å². The van der Waals surface area contributed by atoms with Crippen LogP contribution in [-0.4, -0.2) is 0 Å². The van der Waals surface area contributed by atoms with E-state index in [0.29, 0.717) is 5.92 Å². The maximum absolute atomic E-state index is 2.46. The number of fused-ring (bicyclic) bond motifs is 1. The predicted molar refractivity (Wildman–Crippen MR) is 106 cm³/mol. The normalized spacial score (nSPS) is 15.1. The molecular weight excluding hydrogens is 288 g/mol. The molecule has 126 valence electrons. The van der Waals surface area contributed by atoms with Crippen LogP contribution in [-0.2, 0) is 11.8 Å². The maximum Gasteiger partial charge on any atom is -0.00549 e. The number of hydrogen-bond donors (Lipinski definition) is 0. The van der Waals surface area contributed by atoms with Crippen LogP contribution < -0.4 is 0 Å². The summed E-state index contributed by atoms with van der Waals surface area (Å²) in [7, 11) is 0. The lowest BCUT2D eigenvalue weighted by atomic mass is 9.86. The topological polar surface area (TPSA) is 0 Å². The minimum Gasteiger partial charge on any atom is -0.0654 e. The minimum absolute atomic E-state index is 0.208. The fraction of sp³-hybridized carbons (Fsp3) is 0.417. The van der Waals surface area contributed by atoms with E-state index in [1.54, 1.807) is 5.57 Å². The van der Waals surface area contributed by atoms with Crippen molar-refractivity contribution in [3.8, 4) is 11.1 Å². The summed E-state index contributed by atoms with van der Waals surface area (Å²) in [4.78, 5) is 0. The first-order valence-electron chi connectivity index (χ1n) is 9.33. The molecule has 24 heavy (non-hydrogen) atoms. The second-order valence-electron chi connectivity index (χ2n) is 8.29. The maximum atomic E-state index is 2.46. The monoisotopic (exact) mass is 318 g/mol. The van der Waals surface area contributed by atoms with Crippen LogP contribution in [0.25, 0.3) is 17.2 Å². The van der Waals surface area contributed by atoms with Gasteiger partial charge in [0, 0.05) is 0 Å². The van der Waals surface area contributed by atoms with E-state index < -0.39 is 0 Å². The van der Waals surface area contributed by atoms with Crippen molar-refractivity contribution in [3.05, 3.63) is 64.7 Å². The Morgan fingerprint density at radius 1 is 1.00 bits per heavy atom. The van der Waals surface area contributed by atoms with Crippen molar-refractivity contribution in [3.63, 3.8) is 0 Å². The van der Waals surface area contributed by atoms with Crippen LogP contribution in [0.1, 0.15) is 64.2 Å². The molecule has 0 bridgehead atoms. The van der Waals surface area contributed by atoms with Crippen molar-refractivity contribution in [2.75, 3.05) is 0 Å². The van der Waals surface area contributed by atoms with E-state index in [4.69, 9.17) is 0 Å². The smallest absolute Gasteiger partial charge is 0.00549 e. The second kappa shape index (κ2) is 6.59. The predicted octanol–water partition coefficient (Wildman–Crippen LogP) is 7.03. The van der Waals surface area contributed by atoms with Crippen LogP contribution in [0, 0.1) is 5.92 Å². The lowest BCUT2D eigenvalue weighted by Crippen LogP contribution is -2.10. The number of allylic oxidation sites excluding steroid dienone is 1. The highest BCUT2D eigenvalue weighted by Crippen LogP contribution is 2.37. The van der Waals surface area contributed by atoms with E-state index in [9.17, 15) is 0 Å². The fourth-order valence-corrected chi connectivity index (χ4v) is 3.73. The lowest BCUT2D eigenvalue weighted by molar-refractivity contribution is 0.590. The van der Waals surface area contributed by atoms with Gasteiger partial charge in [-0.2, -0.15) is 0 Å². The molecule has 1 atom stereocenters. The van der Waals surface area contributed by atoms with E-state index >= 15 is 0 Å². The molecule has 2 aromatic rings. The molecule has 0 saturated carbocycles. The Kier molecular flexibility index (Phi) is 4.67. The average molecular weight is 319 g/mol. The highest BCUT2D eigenvalue weighted by molar-refractivity contribution is 5.81. The third kappa shape index (κ3) is 3.34. The SMILES string of the molecule is CCCC(C)C1=Cc2c(cccc2-c2ccc(C(C)(C)C)cc2)C1. The molecule has 0 heteroatoms. The van der Waals surface area contributed by atoms with E-state index in [0.717, 1.165) is 6.42 Å². The van der Waals surface area contributed by atoms with Gasteiger partial charge in [0.25, 0.3) is 0 Å². The van der Waals surface area contributed by atoms with Gasteiger partial charge >= 0.3 is 0 Å². The van der Waals surface area contributed by atoms with Crippen LogP contribution in [0.2, 0.25) is 0 Å². The Morgan fingerprint density at radius 3 is 2.33 bits per heavy atom. The Morgan fingerprint density at radius 2 is 1.71 bits per heavy atom. The van der Waals surface area contributed by atoms with Gasteiger partial charge in [0.2, 0.25) is 0 Å². The molecule has 1 unspecified atom stereocenters. The zero-order chi connectivity index (χ0) is 17.3. The van der Waals surface area contributed by atoms with Crippen molar-refractivity contribution >= 4 is 6.08 Å². The minimum atomic E-state index is 0.208. The first-order valence-corrected chi connectivity index (χ1v) is 9.33. The number of hydrogen-bond acceptors (Lipinski definition) is 0. The van der Waals surface area contributed by atoms with Gasteiger partial charge in [-0.25, -0.2) is 0 Å². The Labute approximate surface area is 147 Å². The highest BCUT2D eigenvalue weighted by atomic mass is 14.2. The van der Waals surface area contributed by atoms with Crippen molar-refractivity contribution in [2.24, 2.45) is 5.92 Å². The summed E-state index contributed by atoms with van der Waals surface area (Å²) in [6, 6.07) is 15.9. The Balaban J connectivity index is 1.96. The van der Waals surface area contributed by atoms with Gasteiger partial charge in [0.05, 0.1) is 0 Å². The van der Waals surface area contributed by atoms with Gasteiger partial charge in [-0.3, -0.25) is 0 Å². The van der Waals surface area contributed by atoms with Crippen LogP contribution in [0.4, 0.5) is 0 Å². The summed E-state index contributed by atoms with van der Waals surface area (Å²) in [5.74, 6) is 0.693. The molecule has 0 saturated heterocycles. The molecule has 2 aromatic carbocycles. The van der Waals surface area contributed by atoms with Gasteiger partial charge < -0.3 is 0 Å². The molecule has 3 rings (SSSR count). The Hall–Kier alpha value is -1.82. The lowest BCUT2D eigenvalue weighted by Gasteiger charge is -2.19. The van der Waals surface area contributed by atoms with Gasteiger partial charge in [-0.1, -0.05) is 95.2 Å². The van der Waals surface area contributed by atoms with E-state index in [2.05, 4.69) is 83.2 Å². The molecular formula is C24H30. The third-order valence-electron chi connectivity index (χ3n) is 5.34.